The summed E-state index contributed by atoms with van der Waals surface area (Å²) in [6.07, 6.45) is 0. The lowest BCUT2D eigenvalue weighted by Crippen LogP contribution is -2.42. The Kier molecular flexibility index (Phi) is 5.26. The van der Waals surface area contributed by atoms with Crippen LogP contribution in [0.1, 0.15) is 17.3 Å². The molecule has 5 nitrogen and oxygen atoms in total. The standard InChI is InChI=1S/C12H15FN2O3/c1-8(7-16)15-11(17)6-14-12(18)9-3-2-4-10(13)5-9/h2-5,8,16H,6-7H2,1H3,(H,14,18)(H,15,17)/t8-/m0/s1. The fourth-order valence-corrected chi connectivity index (χ4v) is 1.26. The van der Waals surface area contributed by atoms with Gasteiger partial charge in [-0.2, -0.15) is 0 Å². The first-order valence-electron chi connectivity index (χ1n) is 5.47. The summed E-state index contributed by atoms with van der Waals surface area (Å²) in [6, 6.07) is 4.81. The van der Waals surface area contributed by atoms with E-state index in [2.05, 4.69) is 10.6 Å². The molecule has 2 amide bonds. The van der Waals surface area contributed by atoms with E-state index in [1.54, 1.807) is 6.92 Å². The van der Waals surface area contributed by atoms with Gasteiger partial charge in [-0.25, -0.2) is 4.39 Å². The van der Waals surface area contributed by atoms with Gasteiger partial charge < -0.3 is 15.7 Å². The van der Waals surface area contributed by atoms with Crippen molar-refractivity contribution in [1.29, 1.82) is 0 Å². The summed E-state index contributed by atoms with van der Waals surface area (Å²) < 4.78 is 12.9. The number of nitrogens with one attached hydrogen (secondary N) is 2. The van der Waals surface area contributed by atoms with Crippen LogP contribution in [-0.2, 0) is 4.79 Å². The van der Waals surface area contributed by atoms with E-state index in [9.17, 15) is 14.0 Å². The number of aliphatic hydroxyl groups is 1. The minimum Gasteiger partial charge on any atom is -0.394 e. The topological polar surface area (TPSA) is 78.4 Å². The third-order valence-corrected chi connectivity index (χ3v) is 2.18. The molecular formula is C12H15FN2O3. The van der Waals surface area contributed by atoms with E-state index in [1.165, 1.54) is 18.2 Å². The lowest BCUT2D eigenvalue weighted by atomic mass is 10.2. The summed E-state index contributed by atoms with van der Waals surface area (Å²) in [4.78, 5) is 22.9. The van der Waals surface area contributed by atoms with Gasteiger partial charge in [0.2, 0.25) is 5.91 Å². The summed E-state index contributed by atoms with van der Waals surface area (Å²) in [5.74, 6) is -1.45. The van der Waals surface area contributed by atoms with Gasteiger partial charge in [0, 0.05) is 11.6 Å². The van der Waals surface area contributed by atoms with Crippen LogP contribution in [0.3, 0.4) is 0 Å². The molecule has 18 heavy (non-hydrogen) atoms. The SMILES string of the molecule is C[C@@H](CO)NC(=O)CNC(=O)c1cccc(F)c1. The van der Waals surface area contributed by atoms with Crippen LogP contribution in [0.2, 0.25) is 0 Å². The van der Waals surface area contributed by atoms with Gasteiger partial charge in [-0.15, -0.1) is 0 Å². The highest BCUT2D eigenvalue weighted by Gasteiger charge is 2.10. The maximum atomic E-state index is 12.9. The molecular weight excluding hydrogens is 239 g/mol. The number of hydrogen-bond donors (Lipinski definition) is 3. The Morgan fingerprint density at radius 3 is 2.78 bits per heavy atom. The lowest BCUT2D eigenvalue weighted by molar-refractivity contribution is -0.121. The molecule has 0 aliphatic rings. The zero-order valence-corrected chi connectivity index (χ0v) is 9.94. The second-order valence-electron chi connectivity index (χ2n) is 3.84. The minimum atomic E-state index is -0.527. The highest BCUT2D eigenvalue weighted by Crippen LogP contribution is 2.02. The number of carbonyl (C=O) groups excluding carboxylic acids is 2. The molecule has 0 aromatic heterocycles. The Balaban J connectivity index is 2.44. The average molecular weight is 254 g/mol. The highest BCUT2D eigenvalue weighted by atomic mass is 19.1. The molecule has 0 unspecified atom stereocenters. The number of hydrogen-bond acceptors (Lipinski definition) is 3. The van der Waals surface area contributed by atoms with Gasteiger partial charge in [0.15, 0.2) is 0 Å². The number of halogens is 1. The summed E-state index contributed by atoms with van der Waals surface area (Å²) in [5, 5.41) is 13.6. The van der Waals surface area contributed by atoms with E-state index in [1.807, 2.05) is 0 Å². The Labute approximate surface area is 104 Å². The normalized spacial score (nSPS) is 11.7. The van der Waals surface area contributed by atoms with E-state index in [0.717, 1.165) is 6.07 Å². The summed E-state index contributed by atoms with van der Waals surface area (Å²) in [6.45, 7) is 1.23. The molecule has 98 valence electrons. The predicted molar refractivity (Wildman–Crippen MR) is 63.4 cm³/mol. The second kappa shape index (κ2) is 6.70. The van der Waals surface area contributed by atoms with E-state index in [0.29, 0.717) is 0 Å². The molecule has 0 heterocycles. The van der Waals surface area contributed by atoms with Crippen molar-refractivity contribution in [3.05, 3.63) is 35.6 Å². The van der Waals surface area contributed by atoms with Crippen LogP contribution in [0.4, 0.5) is 4.39 Å². The number of carbonyl (C=O) groups is 2. The molecule has 3 N–H and O–H groups in total. The molecule has 1 rings (SSSR count). The van der Waals surface area contributed by atoms with Gasteiger partial charge in [-0.3, -0.25) is 9.59 Å². The minimum absolute atomic E-state index is 0.151. The molecule has 0 saturated carbocycles. The number of benzene rings is 1. The van der Waals surface area contributed by atoms with Crippen molar-refractivity contribution in [3.8, 4) is 0 Å². The van der Waals surface area contributed by atoms with E-state index in [4.69, 9.17) is 5.11 Å². The van der Waals surface area contributed by atoms with Crippen molar-refractivity contribution in [1.82, 2.24) is 10.6 Å². The van der Waals surface area contributed by atoms with Gasteiger partial charge in [0.25, 0.3) is 5.91 Å². The van der Waals surface area contributed by atoms with Crippen molar-refractivity contribution in [3.63, 3.8) is 0 Å². The van der Waals surface area contributed by atoms with Crippen LogP contribution >= 0.6 is 0 Å². The Morgan fingerprint density at radius 1 is 1.44 bits per heavy atom. The van der Waals surface area contributed by atoms with Gasteiger partial charge in [-0.05, 0) is 25.1 Å². The molecule has 1 aromatic rings. The molecule has 0 fully saturated rings. The first-order chi connectivity index (χ1) is 8.52. The first-order valence-corrected chi connectivity index (χ1v) is 5.47. The quantitative estimate of drug-likeness (QED) is 0.695. The first kappa shape index (κ1) is 14.1. The third kappa shape index (κ3) is 4.50. The Hall–Kier alpha value is -1.95. The van der Waals surface area contributed by atoms with E-state index < -0.39 is 17.6 Å². The maximum absolute atomic E-state index is 12.9. The zero-order valence-electron chi connectivity index (χ0n) is 9.94. The van der Waals surface area contributed by atoms with Crippen LogP contribution in [0, 0.1) is 5.82 Å². The molecule has 0 aliphatic carbocycles. The number of amides is 2. The van der Waals surface area contributed by atoms with E-state index in [-0.39, 0.29) is 24.8 Å². The predicted octanol–water partition coefficient (Wildman–Crippen LogP) is 0.0525. The maximum Gasteiger partial charge on any atom is 0.251 e. The van der Waals surface area contributed by atoms with Gasteiger partial charge in [-0.1, -0.05) is 6.07 Å². The average Bonchev–Trinajstić information content (AvgIpc) is 2.35. The number of rotatable bonds is 5. The monoisotopic (exact) mass is 254 g/mol. The smallest absolute Gasteiger partial charge is 0.251 e. The summed E-state index contributed by atoms with van der Waals surface area (Å²) in [5.41, 5.74) is 0.151. The third-order valence-electron chi connectivity index (χ3n) is 2.18. The molecule has 0 saturated heterocycles. The largest absolute Gasteiger partial charge is 0.394 e. The van der Waals surface area contributed by atoms with Crippen molar-refractivity contribution >= 4 is 11.8 Å². The van der Waals surface area contributed by atoms with Crippen LogP contribution in [0.5, 0.6) is 0 Å². The van der Waals surface area contributed by atoms with Crippen LogP contribution in [-0.4, -0.2) is 36.1 Å². The lowest BCUT2D eigenvalue weighted by Gasteiger charge is -2.11. The van der Waals surface area contributed by atoms with Gasteiger partial charge in [0.1, 0.15) is 5.82 Å². The Morgan fingerprint density at radius 2 is 2.17 bits per heavy atom. The van der Waals surface area contributed by atoms with Crippen LogP contribution in [0.15, 0.2) is 24.3 Å². The van der Waals surface area contributed by atoms with Crippen LogP contribution in [0.25, 0.3) is 0 Å². The second-order valence-corrected chi connectivity index (χ2v) is 3.84. The molecule has 0 radical (unpaired) electrons. The molecule has 1 atom stereocenters. The number of aliphatic hydroxyl groups excluding tert-OH is 1. The fourth-order valence-electron chi connectivity index (χ4n) is 1.26. The van der Waals surface area contributed by atoms with Crippen LogP contribution < -0.4 is 10.6 Å². The molecule has 0 spiro atoms. The van der Waals surface area contributed by atoms with Gasteiger partial charge in [0.05, 0.1) is 13.2 Å². The van der Waals surface area contributed by atoms with Crippen molar-refractivity contribution in [2.45, 2.75) is 13.0 Å². The summed E-state index contributed by atoms with van der Waals surface area (Å²) in [7, 11) is 0. The molecule has 6 heteroatoms. The zero-order chi connectivity index (χ0) is 13.5. The Bertz CT molecular complexity index is 437. The summed E-state index contributed by atoms with van der Waals surface area (Å²) >= 11 is 0. The highest BCUT2D eigenvalue weighted by molar-refractivity contribution is 5.96. The van der Waals surface area contributed by atoms with Gasteiger partial charge >= 0.3 is 0 Å². The van der Waals surface area contributed by atoms with E-state index >= 15 is 0 Å². The fraction of sp³-hybridized carbons (Fsp3) is 0.333. The van der Waals surface area contributed by atoms with Crippen molar-refractivity contribution in [2.75, 3.05) is 13.2 Å². The molecule has 0 aliphatic heterocycles. The van der Waals surface area contributed by atoms with Crippen molar-refractivity contribution in [2.24, 2.45) is 0 Å². The van der Waals surface area contributed by atoms with Crippen molar-refractivity contribution < 1.29 is 19.1 Å². The molecule has 0 bridgehead atoms. The molecule has 1 aromatic carbocycles.